The summed E-state index contributed by atoms with van der Waals surface area (Å²) in [6.45, 7) is 0.448. The van der Waals surface area contributed by atoms with Gasteiger partial charge in [0.1, 0.15) is 4.90 Å². The Balaban J connectivity index is 2.23. The fourth-order valence-electron chi connectivity index (χ4n) is 1.72. The van der Waals surface area contributed by atoms with Crippen LogP contribution in [-0.2, 0) is 16.6 Å². The van der Waals surface area contributed by atoms with Crippen molar-refractivity contribution in [1.29, 1.82) is 0 Å². The lowest BCUT2D eigenvalue weighted by Crippen LogP contribution is -2.15. The van der Waals surface area contributed by atoms with Crippen molar-refractivity contribution in [3.63, 3.8) is 0 Å². The highest BCUT2D eigenvalue weighted by molar-refractivity contribution is 7.89. The molecule has 106 valence electrons. The Kier molecular flexibility index (Phi) is 4.17. The van der Waals surface area contributed by atoms with E-state index in [1.54, 1.807) is 24.3 Å². The molecular weight excluding hydrogens is 298 g/mol. The standard InChI is InChI=1S/C13H14ClN3O2S/c14-10-3-1-9(2-4-10)8-17-12-6-5-11(15)7-13(12)20(16,18)19/h1-7,17H,8,15H2,(H2,16,18,19). The maximum absolute atomic E-state index is 11.5. The van der Waals surface area contributed by atoms with E-state index in [2.05, 4.69) is 5.32 Å². The first-order valence-corrected chi connectivity index (χ1v) is 7.69. The number of anilines is 2. The number of benzene rings is 2. The van der Waals surface area contributed by atoms with Crippen molar-refractivity contribution >= 4 is 33.0 Å². The average Bonchev–Trinajstić information content (AvgIpc) is 2.38. The van der Waals surface area contributed by atoms with Crippen LogP contribution in [0.3, 0.4) is 0 Å². The molecule has 0 radical (unpaired) electrons. The molecule has 0 atom stereocenters. The van der Waals surface area contributed by atoms with Crippen LogP contribution in [0.25, 0.3) is 0 Å². The quantitative estimate of drug-likeness (QED) is 0.754. The minimum atomic E-state index is -3.83. The molecule has 0 saturated carbocycles. The first-order valence-electron chi connectivity index (χ1n) is 5.77. The van der Waals surface area contributed by atoms with E-state index in [0.717, 1.165) is 5.56 Å². The van der Waals surface area contributed by atoms with E-state index >= 15 is 0 Å². The molecule has 0 spiro atoms. The van der Waals surface area contributed by atoms with Crippen molar-refractivity contribution in [3.05, 3.63) is 53.1 Å². The van der Waals surface area contributed by atoms with Crippen LogP contribution in [0, 0.1) is 0 Å². The van der Waals surface area contributed by atoms with Gasteiger partial charge in [-0.3, -0.25) is 0 Å². The predicted octanol–water partition coefficient (Wildman–Crippen LogP) is 2.18. The molecule has 0 saturated heterocycles. The topological polar surface area (TPSA) is 98.2 Å². The molecule has 7 heteroatoms. The van der Waals surface area contributed by atoms with Crippen molar-refractivity contribution in [2.75, 3.05) is 11.1 Å². The molecule has 2 aromatic carbocycles. The van der Waals surface area contributed by atoms with Crippen LogP contribution in [0.15, 0.2) is 47.4 Å². The third-order valence-corrected chi connectivity index (χ3v) is 3.91. The third-order valence-electron chi connectivity index (χ3n) is 2.71. The molecule has 0 aromatic heterocycles. The van der Waals surface area contributed by atoms with Gasteiger partial charge >= 0.3 is 0 Å². The summed E-state index contributed by atoms with van der Waals surface area (Å²) in [6, 6.07) is 11.8. The first kappa shape index (κ1) is 14.6. The monoisotopic (exact) mass is 311 g/mol. The molecule has 0 aliphatic carbocycles. The molecule has 0 fully saturated rings. The summed E-state index contributed by atoms with van der Waals surface area (Å²) < 4.78 is 23.1. The van der Waals surface area contributed by atoms with Crippen LogP contribution in [0.4, 0.5) is 11.4 Å². The number of nitrogens with two attached hydrogens (primary N) is 2. The van der Waals surface area contributed by atoms with Gasteiger partial charge < -0.3 is 11.1 Å². The Bertz CT molecular complexity index is 715. The van der Waals surface area contributed by atoms with E-state index in [4.69, 9.17) is 22.5 Å². The summed E-state index contributed by atoms with van der Waals surface area (Å²) in [4.78, 5) is -0.0218. The minimum Gasteiger partial charge on any atom is -0.399 e. The van der Waals surface area contributed by atoms with Crippen LogP contribution in [-0.4, -0.2) is 8.42 Å². The van der Waals surface area contributed by atoms with Crippen molar-refractivity contribution < 1.29 is 8.42 Å². The number of halogens is 1. The first-order chi connectivity index (χ1) is 9.36. The van der Waals surface area contributed by atoms with Crippen LogP contribution in [0.2, 0.25) is 5.02 Å². The highest BCUT2D eigenvalue weighted by Gasteiger charge is 2.14. The van der Waals surface area contributed by atoms with Gasteiger partial charge in [0.2, 0.25) is 10.0 Å². The zero-order chi connectivity index (χ0) is 14.8. The second-order valence-corrected chi connectivity index (χ2v) is 6.25. The Morgan fingerprint density at radius 3 is 2.35 bits per heavy atom. The molecule has 0 unspecified atom stereocenters. The van der Waals surface area contributed by atoms with E-state index in [9.17, 15) is 8.42 Å². The maximum Gasteiger partial charge on any atom is 0.240 e. The van der Waals surface area contributed by atoms with Gasteiger partial charge in [-0.1, -0.05) is 23.7 Å². The summed E-state index contributed by atoms with van der Waals surface area (Å²) in [5.41, 5.74) is 7.30. The number of nitrogens with one attached hydrogen (secondary N) is 1. The van der Waals surface area contributed by atoms with Crippen LogP contribution in [0.5, 0.6) is 0 Å². The van der Waals surface area contributed by atoms with Crippen molar-refractivity contribution in [2.24, 2.45) is 5.14 Å². The van der Waals surface area contributed by atoms with E-state index in [-0.39, 0.29) is 4.90 Å². The second kappa shape index (κ2) is 5.70. The predicted molar refractivity (Wildman–Crippen MR) is 81.0 cm³/mol. The zero-order valence-electron chi connectivity index (χ0n) is 10.5. The molecule has 0 heterocycles. The van der Waals surface area contributed by atoms with Crippen LogP contribution >= 0.6 is 11.6 Å². The van der Waals surface area contributed by atoms with E-state index in [1.165, 1.54) is 6.07 Å². The van der Waals surface area contributed by atoms with Gasteiger partial charge in [0.05, 0.1) is 5.69 Å². The molecule has 5 N–H and O–H groups in total. The highest BCUT2D eigenvalue weighted by atomic mass is 35.5. The Hall–Kier alpha value is -1.76. The van der Waals surface area contributed by atoms with Gasteiger partial charge in [-0.15, -0.1) is 0 Å². The second-order valence-electron chi connectivity index (χ2n) is 4.28. The average molecular weight is 312 g/mol. The smallest absolute Gasteiger partial charge is 0.240 e. The fourth-order valence-corrected chi connectivity index (χ4v) is 2.59. The molecule has 2 aromatic rings. The molecule has 0 amide bonds. The van der Waals surface area contributed by atoms with E-state index in [1.807, 2.05) is 12.1 Å². The molecule has 0 aliphatic rings. The van der Waals surface area contributed by atoms with Crippen molar-refractivity contribution in [2.45, 2.75) is 11.4 Å². The van der Waals surface area contributed by atoms with Gasteiger partial charge in [-0.05, 0) is 35.9 Å². The SMILES string of the molecule is Nc1ccc(NCc2ccc(Cl)cc2)c(S(N)(=O)=O)c1. The molecule has 2 rings (SSSR count). The lowest BCUT2D eigenvalue weighted by Gasteiger charge is -2.11. The molecule has 0 aliphatic heterocycles. The van der Waals surface area contributed by atoms with E-state index in [0.29, 0.717) is 22.9 Å². The molecule has 0 bridgehead atoms. The number of sulfonamides is 1. The number of rotatable bonds is 4. The maximum atomic E-state index is 11.5. The van der Waals surface area contributed by atoms with E-state index < -0.39 is 10.0 Å². The Morgan fingerprint density at radius 1 is 1.10 bits per heavy atom. The normalized spacial score (nSPS) is 11.3. The van der Waals surface area contributed by atoms with Gasteiger partial charge in [0.25, 0.3) is 0 Å². The summed E-state index contributed by atoms with van der Waals surface area (Å²) >= 11 is 5.80. The summed E-state index contributed by atoms with van der Waals surface area (Å²) in [5.74, 6) is 0. The summed E-state index contributed by atoms with van der Waals surface area (Å²) in [7, 11) is -3.83. The number of nitrogen functional groups attached to an aromatic ring is 1. The lowest BCUT2D eigenvalue weighted by molar-refractivity contribution is 0.598. The van der Waals surface area contributed by atoms with Gasteiger partial charge in [0.15, 0.2) is 0 Å². The molecule has 5 nitrogen and oxygen atoms in total. The zero-order valence-corrected chi connectivity index (χ0v) is 12.1. The van der Waals surface area contributed by atoms with Crippen LogP contribution in [0.1, 0.15) is 5.56 Å². The third kappa shape index (κ3) is 3.63. The number of hydrogen-bond donors (Lipinski definition) is 3. The molecule has 20 heavy (non-hydrogen) atoms. The lowest BCUT2D eigenvalue weighted by atomic mass is 10.2. The number of hydrogen-bond acceptors (Lipinski definition) is 4. The molecular formula is C13H14ClN3O2S. The Morgan fingerprint density at radius 2 is 1.75 bits per heavy atom. The van der Waals surface area contributed by atoms with Crippen molar-refractivity contribution in [3.8, 4) is 0 Å². The minimum absolute atomic E-state index is 0.0218. The van der Waals surface area contributed by atoms with Crippen molar-refractivity contribution in [1.82, 2.24) is 0 Å². The van der Waals surface area contributed by atoms with Gasteiger partial charge in [-0.25, -0.2) is 13.6 Å². The highest BCUT2D eigenvalue weighted by Crippen LogP contribution is 2.23. The summed E-state index contributed by atoms with van der Waals surface area (Å²) in [6.07, 6.45) is 0. The van der Waals surface area contributed by atoms with Gasteiger partial charge in [-0.2, -0.15) is 0 Å². The summed E-state index contributed by atoms with van der Waals surface area (Å²) in [5, 5.41) is 8.84. The Labute approximate surface area is 122 Å². The number of primary sulfonamides is 1. The largest absolute Gasteiger partial charge is 0.399 e. The van der Waals surface area contributed by atoms with Gasteiger partial charge in [0, 0.05) is 17.3 Å². The van der Waals surface area contributed by atoms with Crippen LogP contribution < -0.4 is 16.2 Å². The fraction of sp³-hybridized carbons (Fsp3) is 0.0769.